The second-order valence-corrected chi connectivity index (χ2v) is 4.99. The second kappa shape index (κ2) is 6.45. The van der Waals surface area contributed by atoms with Crippen LogP contribution in [0.4, 0.5) is 13.2 Å². The number of nitrogens with zero attached hydrogens (tertiary/aromatic N) is 3. The Labute approximate surface area is 134 Å². The molecular weight excluding hydrogens is 337 g/mol. The summed E-state index contributed by atoms with van der Waals surface area (Å²) in [6, 6.07) is 0.829. The Bertz CT molecular complexity index is 712. The van der Waals surface area contributed by atoms with E-state index in [2.05, 4.69) is 22.0 Å². The van der Waals surface area contributed by atoms with Crippen molar-refractivity contribution in [1.29, 1.82) is 0 Å². The summed E-state index contributed by atoms with van der Waals surface area (Å²) in [6.07, 6.45) is 0.816. The lowest BCUT2D eigenvalue weighted by molar-refractivity contribution is -0.137. The summed E-state index contributed by atoms with van der Waals surface area (Å²) in [5.41, 5.74) is -0.245. The number of thiocarbonyl (C=S) groups is 1. The van der Waals surface area contributed by atoms with Crippen molar-refractivity contribution < 1.29 is 13.2 Å². The van der Waals surface area contributed by atoms with Gasteiger partial charge < -0.3 is 5.32 Å². The lowest BCUT2D eigenvalue weighted by Crippen LogP contribution is -2.28. The van der Waals surface area contributed by atoms with Crippen LogP contribution in [0.2, 0.25) is 5.02 Å². The summed E-state index contributed by atoms with van der Waals surface area (Å²) in [5.74, 6) is 0. The van der Waals surface area contributed by atoms with Gasteiger partial charge in [0, 0.05) is 24.5 Å². The van der Waals surface area contributed by atoms with E-state index in [1.165, 1.54) is 17.1 Å². The molecule has 0 bridgehead atoms. The minimum Gasteiger partial charge on any atom is -0.357 e. The molecule has 0 saturated carbocycles. The van der Waals surface area contributed by atoms with E-state index in [-0.39, 0.29) is 10.7 Å². The van der Waals surface area contributed by atoms with Gasteiger partial charge in [-0.15, -0.1) is 6.58 Å². The molecule has 2 heterocycles. The highest BCUT2D eigenvalue weighted by Crippen LogP contribution is 2.33. The lowest BCUT2D eigenvalue weighted by Gasteiger charge is -2.08. The monoisotopic (exact) mass is 346 g/mol. The third-order valence-electron chi connectivity index (χ3n) is 2.63. The molecule has 2 aromatic heterocycles. The first-order valence-corrected chi connectivity index (χ1v) is 6.78. The maximum absolute atomic E-state index is 12.6. The van der Waals surface area contributed by atoms with Gasteiger partial charge in [0.1, 0.15) is 0 Å². The first-order chi connectivity index (χ1) is 10.3. The molecule has 1 N–H and O–H groups in total. The number of rotatable bonds is 3. The zero-order valence-corrected chi connectivity index (χ0v) is 12.6. The maximum Gasteiger partial charge on any atom is 0.417 e. The molecule has 9 heteroatoms. The van der Waals surface area contributed by atoms with E-state index in [0.717, 1.165) is 12.3 Å². The van der Waals surface area contributed by atoms with Crippen molar-refractivity contribution in [3.8, 4) is 11.3 Å². The second-order valence-electron chi connectivity index (χ2n) is 4.20. The van der Waals surface area contributed by atoms with E-state index in [4.69, 9.17) is 23.8 Å². The average Bonchev–Trinajstić information content (AvgIpc) is 2.93. The third-order valence-corrected chi connectivity index (χ3v) is 3.25. The van der Waals surface area contributed by atoms with Gasteiger partial charge in [0.15, 0.2) is 5.11 Å². The van der Waals surface area contributed by atoms with E-state index in [0.29, 0.717) is 17.2 Å². The largest absolute Gasteiger partial charge is 0.417 e. The van der Waals surface area contributed by atoms with Gasteiger partial charge in [0.25, 0.3) is 0 Å². The van der Waals surface area contributed by atoms with Gasteiger partial charge in [-0.2, -0.15) is 18.3 Å². The Morgan fingerprint density at radius 1 is 1.45 bits per heavy atom. The third kappa shape index (κ3) is 3.63. The summed E-state index contributed by atoms with van der Waals surface area (Å²) in [6.45, 7) is 4.01. The number of nitrogens with one attached hydrogen (secondary N) is 1. The molecule has 0 unspecified atom stereocenters. The van der Waals surface area contributed by atoms with Crippen molar-refractivity contribution in [2.24, 2.45) is 0 Å². The van der Waals surface area contributed by atoms with Gasteiger partial charge in [-0.05, 0) is 18.3 Å². The van der Waals surface area contributed by atoms with Crippen molar-refractivity contribution in [3.05, 3.63) is 47.9 Å². The van der Waals surface area contributed by atoms with Crippen molar-refractivity contribution in [2.45, 2.75) is 6.18 Å². The molecule has 0 atom stereocenters. The van der Waals surface area contributed by atoms with Crippen LogP contribution in [0.5, 0.6) is 0 Å². The highest BCUT2D eigenvalue weighted by molar-refractivity contribution is 7.80. The van der Waals surface area contributed by atoms with Crippen molar-refractivity contribution >= 4 is 28.9 Å². The highest BCUT2D eigenvalue weighted by atomic mass is 35.5. The molecule has 0 fully saturated rings. The maximum atomic E-state index is 12.6. The van der Waals surface area contributed by atoms with E-state index in [1.54, 1.807) is 6.08 Å². The Hall–Kier alpha value is -1.93. The zero-order chi connectivity index (χ0) is 16.3. The van der Waals surface area contributed by atoms with Gasteiger partial charge in [0.05, 0.1) is 22.5 Å². The van der Waals surface area contributed by atoms with Gasteiger partial charge in [-0.3, -0.25) is 4.98 Å². The van der Waals surface area contributed by atoms with Crippen LogP contribution >= 0.6 is 23.8 Å². The predicted molar refractivity (Wildman–Crippen MR) is 81.7 cm³/mol. The predicted octanol–water partition coefficient (Wildman–Crippen LogP) is 3.53. The van der Waals surface area contributed by atoms with Gasteiger partial charge in [-0.25, -0.2) is 4.68 Å². The first kappa shape index (κ1) is 16.4. The summed E-state index contributed by atoms with van der Waals surface area (Å²) in [5, 5.41) is 7.10. The van der Waals surface area contributed by atoms with Gasteiger partial charge in [0.2, 0.25) is 0 Å². The highest BCUT2D eigenvalue weighted by Gasteiger charge is 2.31. The van der Waals surface area contributed by atoms with Crippen LogP contribution in [0, 0.1) is 0 Å². The first-order valence-electron chi connectivity index (χ1n) is 6.00. The molecule has 116 valence electrons. The molecule has 0 aliphatic rings. The Morgan fingerprint density at radius 3 is 2.77 bits per heavy atom. The normalized spacial score (nSPS) is 11.3. The Kier molecular flexibility index (Phi) is 4.82. The summed E-state index contributed by atoms with van der Waals surface area (Å²) >= 11 is 11.0. The van der Waals surface area contributed by atoms with Gasteiger partial charge >= 0.3 is 6.18 Å². The van der Waals surface area contributed by atoms with Crippen LogP contribution in [0.1, 0.15) is 5.56 Å². The standard InChI is InChI=1S/C13H10ClF3N4S/c1-2-3-18-12(22)21-7-8(5-20-21)11-10(14)4-9(6-19-11)13(15,16)17/h2,4-7H,1,3H2,(H,18,22). The smallest absolute Gasteiger partial charge is 0.357 e. The van der Waals surface area contributed by atoms with Crippen LogP contribution in [0.15, 0.2) is 37.3 Å². The molecule has 2 rings (SSSR count). The quantitative estimate of drug-likeness (QED) is 0.682. The SMILES string of the molecule is C=CCNC(=S)n1cc(-c2ncc(C(F)(F)F)cc2Cl)cn1. The van der Waals surface area contributed by atoms with Crippen LogP contribution < -0.4 is 5.32 Å². The summed E-state index contributed by atoms with van der Waals surface area (Å²) in [7, 11) is 0. The molecule has 0 spiro atoms. The molecule has 0 radical (unpaired) electrons. The topological polar surface area (TPSA) is 42.7 Å². The average molecular weight is 347 g/mol. The molecule has 0 saturated heterocycles. The molecule has 0 amide bonds. The Balaban J connectivity index is 2.28. The fourth-order valence-corrected chi connectivity index (χ4v) is 2.06. The van der Waals surface area contributed by atoms with Gasteiger partial charge in [-0.1, -0.05) is 17.7 Å². The number of pyridine rings is 1. The fraction of sp³-hybridized carbons (Fsp3) is 0.154. The zero-order valence-electron chi connectivity index (χ0n) is 11.1. The van der Waals surface area contributed by atoms with Crippen LogP contribution in [0.3, 0.4) is 0 Å². The summed E-state index contributed by atoms with van der Waals surface area (Å²) in [4.78, 5) is 3.76. The molecule has 0 aliphatic heterocycles. The number of aromatic nitrogens is 3. The molecule has 22 heavy (non-hydrogen) atoms. The van der Waals surface area contributed by atoms with Crippen LogP contribution in [-0.4, -0.2) is 26.4 Å². The molecule has 0 aliphatic carbocycles. The van der Waals surface area contributed by atoms with E-state index >= 15 is 0 Å². The number of hydrogen-bond acceptors (Lipinski definition) is 3. The molecule has 2 aromatic rings. The lowest BCUT2D eigenvalue weighted by atomic mass is 10.2. The van der Waals surface area contributed by atoms with Crippen LogP contribution in [0.25, 0.3) is 11.3 Å². The van der Waals surface area contributed by atoms with E-state index in [9.17, 15) is 13.2 Å². The van der Waals surface area contributed by atoms with E-state index in [1.807, 2.05) is 0 Å². The number of halogens is 4. The molecule has 4 nitrogen and oxygen atoms in total. The minimum absolute atomic E-state index is 0.112. The van der Waals surface area contributed by atoms with Crippen LogP contribution in [-0.2, 0) is 6.18 Å². The fourth-order valence-electron chi connectivity index (χ4n) is 1.60. The van der Waals surface area contributed by atoms with E-state index < -0.39 is 11.7 Å². The van der Waals surface area contributed by atoms with Crippen molar-refractivity contribution in [3.63, 3.8) is 0 Å². The molecular formula is C13H10ClF3N4S. The van der Waals surface area contributed by atoms with Crippen molar-refractivity contribution in [1.82, 2.24) is 20.1 Å². The summed E-state index contributed by atoms with van der Waals surface area (Å²) < 4.78 is 39.1. The minimum atomic E-state index is -4.49. The number of hydrogen-bond donors (Lipinski definition) is 1. The number of alkyl halides is 3. The van der Waals surface area contributed by atoms with Crippen molar-refractivity contribution in [2.75, 3.05) is 6.54 Å². The molecule has 0 aromatic carbocycles. The Morgan fingerprint density at radius 2 is 2.18 bits per heavy atom.